The average Bonchev–Trinajstić information content (AvgIpc) is 2.27. The van der Waals surface area contributed by atoms with Gasteiger partial charge in [-0.05, 0) is 40.3 Å². The van der Waals surface area contributed by atoms with Crippen LogP contribution in [0.5, 0.6) is 0 Å². The first kappa shape index (κ1) is 16.2. The molecular weight excluding hydrogens is 244 g/mol. The molecule has 1 saturated heterocycles. The average molecular weight is 272 g/mol. The molecule has 6 nitrogen and oxygen atoms in total. The fraction of sp³-hybridized carbons (Fsp3) is 0.923. The normalized spacial score (nSPS) is 20.3. The van der Waals surface area contributed by atoms with E-state index in [1.54, 1.807) is 4.90 Å². The lowest BCUT2D eigenvalue weighted by Gasteiger charge is -2.28. The number of rotatable bonds is 0. The molecule has 0 aromatic carbocycles. The van der Waals surface area contributed by atoms with E-state index in [0.29, 0.717) is 13.2 Å². The Morgan fingerprint density at radius 2 is 1.63 bits per heavy atom. The van der Waals surface area contributed by atoms with Gasteiger partial charge in [-0.2, -0.15) is 0 Å². The van der Waals surface area contributed by atoms with Crippen LogP contribution in [0, 0.1) is 0 Å². The highest BCUT2D eigenvalue weighted by atomic mass is 16.6. The van der Waals surface area contributed by atoms with E-state index in [-0.39, 0.29) is 6.09 Å². The van der Waals surface area contributed by atoms with Crippen molar-refractivity contribution in [1.29, 1.82) is 0 Å². The Balaban J connectivity index is 2.44. The third-order valence-electron chi connectivity index (χ3n) is 2.70. The zero-order chi connectivity index (χ0) is 14.1. The van der Waals surface area contributed by atoms with Gasteiger partial charge in [-0.3, -0.25) is 10.2 Å². The van der Waals surface area contributed by atoms with Crippen molar-refractivity contribution in [3.63, 3.8) is 0 Å². The Morgan fingerprint density at radius 3 is 2.32 bits per heavy atom. The van der Waals surface area contributed by atoms with Crippen LogP contribution in [0.25, 0.3) is 0 Å². The van der Waals surface area contributed by atoms with E-state index in [2.05, 4.69) is 16.0 Å². The third-order valence-corrected chi connectivity index (χ3v) is 2.70. The SMILES string of the molecule is CC(C)(C)OC(=O)N1CCNCCCNCCNC1. The van der Waals surface area contributed by atoms with Crippen molar-refractivity contribution in [2.75, 3.05) is 45.9 Å². The van der Waals surface area contributed by atoms with E-state index in [1.807, 2.05) is 20.8 Å². The van der Waals surface area contributed by atoms with E-state index in [4.69, 9.17) is 4.74 Å². The van der Waals surface area contributed by atoms with Crippen molar-refractivity contribution in [1.82, 2.24) is 20.9 Å². The summed E-state index contributed by atoms with van der Waals surface area (Å²) in [6, 6.07) is 0. The number of carbonyl (C=O) groups is 1. The molecule has 1 heterocycles. The van der Waals surface area contributed by atoms with Crippen molar-refractivity contribution in [3.05, 3.63) is 0 Å². The van der Waals surface area contributed by atoms with E-state index in [1.165, 1.54) is 0 Å². The summed E-state index contributed by atoms with van der Waals surface area (Å²) in [5.74, 6) is 0. The lowest BCUT2D eigenvalue weighted by Crippen LogP contribution is -2.46. The third kappa shape index (κ3) is 8.02. The Labute approximate surface area is 116 Å². The van der Waals surface area contributed by atoms with Crippen molar-refractivity contribution in [2.24, 2.45) is 0 Å². The van der Waals surface area contributed by atoms with E-state index in [9.17, 15) is 4.79 Å². The van der Waals surface area contributed by atoms with Crippen molar-refractivity contribution < 1.29 is 9.53 Å². The quantitative estimate of drug-likeness (QED) is 0.594. The Kier molecular flexibility index (Phi) is 7.12. The van der Waals surface area contributed by atoms with Gasteiger partial charge in [0.1, 0.15) is 5.60 Å². The maximum absolute atomic E-state index is 12.1. The molecule has 0 aromatic heterocycles. The summed E-state index contributed by atoms with van der Waals surface area (Å²) in [6.07, 6.45) is 0.846. The monoisotopic (exact) mass is 272 g/mol. The van der Waals surface area contributed by atoms with Crippen LogP contribution in [0.2, 0.25) is 0 Å². The van der Waals surface area contributed by atoms with Gasteiger partial charge >= 0.3 is 6.09 Å². The zero-order valence-electron chi connectivity index (χ0n) is 12.4. The highest BCUT2D eigenvalue weighted by Gasteiger charge is 2.21. The van der Waals surface area contributed by atoms with E-state index >= 15 is 0 Å². The molecule has 0 aromatic rings. The topological polar surface area (TPSA) is 65.6 Å². The molecule has 19 heavy (non-hydrogen) atoms. The highest BCUT2D eigenvalue weighted by Crippen LogP contribution is 2.09. The fourth-order valence-electron chi connectivity index (χ4n) is 1.75. The van der Waals surface area contributed by atoms with E-state index < -0.39 is 5.60 Å². The summed E-state index contributed by atoms with van der Waals surface area (Å²) in [6.45, 7) is 11.4. The molecule has 112 valence electrons. The van der Waals surface area contributed by atoms with Crippen molar-refractivity contribution in [2.45, 2.75) is 32.8 Å². The van der Waals surface area contributed by atoms with Crippen LogP contribution < -0.4 is 16.0 Å². The first-order chi connectivity index (χ1) is 8.99. The molecule has 1 amide bonds. The second kappa shape index (κ2) is 8.35. The molecule has 0 spiro atoms. The van der Waals surface area contributed by atoms with Crippen LogP contribution in [0.4, 0.5) is 4.79 Å². The lowest BCUT2D eigenvalue weighted by atomic mass is 10.2. The first-order valence-electron chi connectivity index (χ1n) is 7.09. The van der Waals surface area contributed by atoms with Crippen LogP contribution in [0.1, 0.15) is 27.2 Å². The van der Waals surface area contributed by atoms with Gasteiger partial charge in [-0.1, -0.05) is 0 Å². The van der Waals surface area contributed by atoms with Gasteiger partial charge in [-0.25, -0.2) is 4.79 Å². The Bertz CT molecular complexity index is 254. The van der Waals surface area contributed by atoms with Gasteiger partial charge < -0.3 is 15.4 Å². The number of hydrogen-bond acceptors (Lipinski definition) is 5. The molecule has 0 bridgehead atoms. The maximum Gasteiger partial charge on any atom is 0.411 e. The number of nitrogens with one attached hydrogen (secondary N) is 3. The number of hydrogen-bond donors (Lipinski definition) is 3. The predicted molar refractivity (Wildman–Crippen MR) is 76.2 cm³/mol. The van der Waals surface area contributed by atoms with Gasteiger partial charge in [0.05, 0.1) is 6.67 Å². The largest absolute Gasteiger partial charge is 0.444 e. The van der Waals surface area contributed by atoms with Crippen LogP contribution in [0.3, 0.4) is 0 Å². The molecule has 0 radical (unpaired) electrons. The summed E-state index contributed by atoms with van der Waals surface area (Å²) in [7, 11) is 0. The van der Waals surface area contributed by atoms with E-state index in [0.717, 1.165) is 39.1 Å². The van der Waals surface area contributed by atoms with Crippen molar-refractivity contribution >= 4 is 6.09 Å². The molecule has 0 unspecified atom stereocenters. The molecule has 0 atom stereocenters. The minimum Gasteiger partial charge on any atom is -0.444 e. The number of nitrogens with zero attached hydrogens (tertiary/aromatic N) is 1. The molecule has 0 aliphatic carbocycles. The summed E-state index contributed by atoms with van der Waals surface area (Å²) in [4.78, 5) is 13.8. The molecule has 1 fully saturated rings. The predicted octanol–water partition coefficient (Wildman–Crippen LogP) is 0.354. The van der Waals surface area contributed by atoms with Gasteiger partial charge in [0.25, 0.3) is 0 Å². The second-order valence-corrected chi connectivity index (χ2v) is 5.76. The molecule has 1 aliphatic heterocycles. The molecule has 6 heteroatoms. The fourth-order valence-corrected chi connectivity index (χ4v) is 1.75. The molecule has 1 rings (SSSR count). The lowest BCUT2D eigenvalue weighted by molar-refractivity contribution is 0.0237. The summed E-state index contributed by atoms with van der Waals surface area (Å²) < 4.78 is 5.41. The first-order valence-corrected chi connectivity index (χ1v) is 7.09. The second-order valence-electron chi connectivity index (χ2n) is 5.76. The highest BCUT2D eigenvalue weighted by molar-refractivity contribution is 5.68. The van der Waals surface area contributed by atoms with Crippen molar-refractivity contribution in [3.8, 4) is 0 Å². The minimum absolute atomic E-state index is 0.258. The number of carbonyl (C=O) groups excluding carboxylic acids is 1. The number of amides is 1. The molecule has 1 aliphatic rings. The van der Waals surface area contributed by atoms with Crippen LogP contribution in [-0.4, -0.2) is 62.5 Å². The van der Waals surface area contributed by atoms with Gasteiger partial charge in [0, 0.05) is 26.2 Å². The molecule has 3 N–H and O–H groups in total. The van der Waals surface area contributed by atoms with Crippen LogP contribution in [0.15, 0.2) is 0 Å². The smallest absolute Gasteiger partial charge is 0.411 e. The summed E-state index contributed by atoms with van der Waals surface area (Å²) in [5.41, 5.74) is -0.449. The number of ether oxygens (including phenoxy) is 1. The standard InChI is InChI=1S/C13H28N4O2/c1-13(2,3)19-12(18)17-10-9-15-6-4-5-14-7-8-16-11-17/h14-16H,4-11H2,1-3H3. The summed E-state index contributed by atoms with van der Waals surface area (Å²) >= 11 is 0. The Hall–Kier alpha value is -0.850. The van der Waals surface area contributed by atoms with Gasteiger partial charge in [0.15, 0.2) is 0 Å². The summed E-state index contributed by atoms with van der Waals surface area (Å²) in [5, 5.41) is 9.94. The molecular formula is C13H28N4O2. The zero-order valence-corrected chi connectivity index (χ0v) is 12.4. The van der Waals surface area contributed by atoms with Crippen LogP contribution in [-0.2, 0) is 4.74 Å². The molecule has 0 saturated carbocycles. The van der Waals surface area contributed by atoms with Crippen LogP contribution >= 0.6 is 0 Å². The van der Waals surface area contributed by atoms with Gasteiger partial charge in [0.2, 0.25) is 0 Å². The van der Waals surface area contributed by atoms with Gasteiger partial charge in [-0.15, -0.1) is 0 Å². The Morgan fingerprint density at radius 1 is 1.00 bits per heavy atom. The maximum atomic E-state index is 12.1. The minimum atomic E-state index is -0.449.